The molecule has 0 aromatic carbocycles. The molecule has 0 aliphatic carbocycles. The molecule has 0 aliphatic heterocycles. The summed E-state index contributed by atoms with van der Waals surface area (Å²) < 4.78 is 0. The first-order chi connectivity index (χ1) is 0. The zero-order valence-corrected chi connectivity index (χ0v) is 4.42. The molecule has 0 heterocycles. The van der Waals surface area contributed by atoms with Gasteiger partial charge in [-0.15, -0.1) is 0 Å². The molecule has 0 aromatic rings. The third-order valence-electron chi connectivity index (χ3n) is 0. The maximum Gasteiger partial charge on any atom is 0 e. The fourth-order valence-electron chi connectivity index (χ4n) is 0. The van der Waals surface area contributed by atoms with Crippen LogP contribution in [0.25, 0.3) is 0 Å². The predicted molar refractivity (Wildman–Crippen MR) is 8.57 cm³/mol. The Morgan fingerprint density at radius 3 is 1.00 bits per heavy atom. The summed E-state index contributed by atoms with van der Waals surface area (Å²) in [5.74, 6) is 0. The molecule has 0 unspecified atom stereocenters. The zero-order chi connectivity index (χ0) is 0. The van der Waals surface area contributed by atoms with Crippen LogP contribution in [0.4, 0.5) is 0 Å². The van der Waals surface area contributed by atoms with E-state index in [0.29, 0.717) is 0 Å². The third kappa shape index (κ3) is 13.5. The molecule has 0 N–H and O–H groups in total. The summed E-state index contributed by atoms with van der Waals surface area (Å²) in [4.78, 5) is 0. The molecule has 4 heteroatoms. The van der Waals surface area contributed by atoms with E-state index in [-0.39, 0.29) is 44.3 Å². The Hall–Kier alpha value is 0.851. The van der Waals surface area contributed by atoms with Crippen molar-refractivity contribution in [3.8, 4) is 0 Å². The van der Waals surface area contributed by atoms with E-state index in [1.165, 1.54) is 0 Å². The molecular formula is NOSiTi. The molecular weight excluding hydrogens is 106 g/mol. The fraction of sp³-hybridized carbons (Fsp3) is 0. The quantitative estimate of drug-likeness (QED) is 0.356. The van der Waals surface area contributed by atoms with Crippen molar-refractivity contribution in [2.24, 2.45) is 0 Å². The summed E-state index contributed by atoms with van der Waals surface area (Å²) in [6, 6.07) is 0. The van der Waals surface area contributed by atoms with Crippen LogP contribution in [0, 0.1) is 0 Å². The molecule has 0 aromatic heterocycles. The van der Waals surface area contributed by atoms with Crippen molar-refractivity contribution < 1.29 is 27.2 Å². The van der Waals surface area contributed by atoms with E-state index in [0.717, 1.165) is 0 Å². The van der Waals surface area contributed by atoms with Crippen LogP contribution in [-0.2, 0) is 27.2 Å². The molecule has 2 nitrogen and oxygen atoms in total. The van der Waals surface area contributed by atoms with Crippen LogP contribution >= 0.6 is 0 Å². The summed E-state index contributed by atoms with van der Waals surface area (Å²) in [6.07, 6.45) is 0. The summed E-state index contributed by atoms with van der Waals surface area (Å²) in [7, 11) is 0. The average molecular weight is 106 g/mol. The van der Waals surface area contributed by atoms with E-state index in [2.05, 4.69) is 0 Å². The SMILES string of the molecule is [N].[O].[Si].[Ti]. The minimum absolute atomic E-state index is 0. The zero-order valence-electron chi connectivity index (χ0n) is 1.86. The Bertz CT molecular complexity index is 8.00. The molecule has 19 valence electrons. The Morgan fingerprint density at radius 1 is 1.00 bits per heavy atom. The minimum Gasteiger partial charge on any atom is 0 e. The molecule has 0 rings (SSSR count). The van der Waals surface area contributed by atoms with E-state index in [1.807, 2.05) is 0 Å². The molecule has 0 atom stereocenters. The maximum atomic E-state index is 0. The van der Waals surface area contributed by atoms with Gasteiger partial charge in [0.1, 0.15) is 0 Å². The van der Waals surface area contributed by atoms with Crippen LogP contribution in [0.15, 0.2) is 0 Å². The second-order valence-corrected chi connectivity index (χ2v) is 0. The van der Waals surface area contributed by atoms with Gasteiger partial charge in [0.25, 0.3) is 0 Å². The van der Waals surface area contributed by atoms with E-state index in [1.54, 1.807) is 0 Å². The van der Waals surface area contributed by atoms with Crippen LogP contribution in [0.2, 0.25) is 0 Å². The van der Waals surface area contributed by atoms with Gasteiger partial charge in [-0.3, -0.25) is 0 Å². The monoisotopic (exact) mass is 106 g/mol. The minimum atomic E-state index is 0. The van der Waals surface area contributed by atoms with Crippen molar-refractivity contribution in [2.75, 3.05) is 0 Å². The largest absolute Gasteiger partial charge is 0 e. The predicted octanol–water partition coefficient (Wildman–Crippen LogP) is -0.983. The Morgan fingerprint density at radius 2 is 1.00 bits per heavy atom. The van der Waals surface area contributed by atoms with E-state index < -0.39 is 0 Å². The summed E-state index contributed by atoms with van der Waals surface area (Å²) in [5, 5.41) is 0. The topological polar surface area (TPSA) is 59.0 Å². The maximum absolute atomic E-state index is 0. The van der Waals surface area contributed by atoms with Gasteiger partial charge in [0.05, 0.1) is 0 Å². The van der Waals surface area contributed by atoms with Crippen LogP contribution in [0.1, 0.15) is 0 Å². The van der Waals surface area contributed by atoms with Crippen LogP contribution in [-0.4, -0.2) is 11.0 Å². The molecule has 0 saturated carbocycles. The first-order valence-corrected chi connectivity index (χ1v) is 0. The van der Waals surface area contributed by atoms with Gasteiger partial charge < -0.3 is 0 Å². The first kappa shape index (κ1) is 99.3. The van der Waals surface area contributed by atoms with Crippen LogP contribution < -0.4 is 6.15 Å². The van der Waals surface area contributed by atoms with Crippen molar-refractivity contribution in [2.45, 2.75) is 0 Å². The van der Waals surface area contributed by atoms with Gasteiger partial charge in [0, 0.05) is 44.3 Å². The fourth-order valence-corrected chi connectivity index (χ4v) is 0. The third-order valence-corrected chi connectivity index (χ3v) is 0. The summed E-state index contributed by atoms with van der Waals surface area (Å²) in [6.45, 7) is 0. The first-order valence-electron chi connectivity index (χ1n) is 0. The molecule has 4 heavy (non-hydrogen) atoms. The molecule has 0 fully saturated rings. The Labute approximate surface area is 44.8 Å². The molecule has 0 bridgehead atoms. The molecule has 0 aliphatic rings. The van der Waals surface area contributed by atoms with Gasteiger partial charge in [-0.05, 0) is 0 Å². The molecule has 0 amide bonds. The summed E-state index contributed by atoms with van der Waals surface area (Å²) >= 11 is 0. The Balaban J connectivity index is 0. The van der Waals surface area contributed by atoms with Crippen molar-refractivity contribution in [3.63, 3.8) is 0 Å². The normalized spacial score (nSPS) is 0. The van der Waals surface area contributed by atoms with Crippen molar-refractivity contribution in [1.29, 1.82) is 0 Å². The van der Waals surface area contributed by atoms with Gasteiger partial charge in [-0.2, -0.15) is 0 Å². The van der Waals surface area contributed by atoms with Gasteiger partial charge >= 0.3 is 0 Å². The van der Waals surface area contributed by atoms with Gasteiger partial charge in [0.2, 0.25) is 0 Å². The van der Waals surface area contributed by atoms with Gasteiger partial charge in [-0.25, -0.2) is 0 Å². The van der Waals surface area contributed by atoms with Gasteiger partial charge in [0.15, 0.2) is 0 Å². The van der Waals surface area contributed by atoms with Crippen molar-refractivity contribution in [1.82, 2.24) is 6.15 Å². The Kier molecular flexibility index (Phi) is 1070. The van der Waals surface area contributed by atoms with E-state index in [9.17, 15) is 0 Å². The number of hydrogen-bond donors (Lipinski definition) is 0. The molecule has 0 spiro atoms. The van der Waals surface area contributed by atoms with Crippen molar-refractivity contribution in [3.05, 3.63) is 0 Å². The van der Waals surface area contributed by atoms with Crippen LogP contribution in [0.3, 0.4) is 0 Å². The smallest absolute Gasteiger partial charge is 0 e. The van der Waals surface area contributed by atoms with E-state index in [4.69, 9.17) is 0 Å². The van der Waals surface area contributed by atoms with Crippen LogP contribution in [0.5, 0.6) is 0 Å². The second-order valence-electron chi connectivity index (χ2n) is 0. The van der Waals surface area contributed by atoms with Gasteiger partial charge in [-0.1, -0.05) is 0 Å². The molecule has 9 radical (unpaired) electrons. The number of nitrogens with zero attached hydrogens (tertiary/aromatic N) is 1. The number of hydrogen-bond acceptors (Lipinski definition) is 0. The average Bonchev–Trinajstić information content (AvgIpc) is 0. The summed E-state index contributed by atoms with van der Waals surface area (Å²) in [5.41, 5.74) is 0. The van der Waals surface area contributed by atoms with E-state index >= 15 is 0 Å². The second kappa shape index (κ2) is 43.2. The number of rotatable bonds is 0. The molecule has 0 saturated heterocycles. The van der Waals surface area contributed by atoms with Crippen molar-refractivity contribution >= 4 is 11.0 Å². The standard InChI is InChI=1S/N.O.Si.Ti.